The lowest BCUT2D eigenvalue weighted by molar-refractivity contribution is -0.112. The van der Waals surface area contributed by atoms with Crippen molar-refractivity contribution in [2.24, 2.45) is 0 Å². The molecule has 0 unspecified atom stereocenters. The highest BCUT2D eigenvalue weighted by molar-refractivity contribution is 9.13. The summed E-state index contributed by atoms with van der Waals surface area (Å²) < 4.78 is 6.55. The number of amides is 1. The van der Waals surface area contributed by atoms with Crippen LogP contribution >= 0.6 is 31.9 Å². The van der Waals surface area contributed by atoms with E-state index in [9.17, 15) is 4.79 Å². The van der Waals surface area contributed by atoms with Crippen LogP contribution in [0.4, 0.5) is 5.69 Å². The molecule has 1 heterocycles. The Hall–Kier alpha value is -1.84. The molecule has 4 nitrogen and oxygen atoms in total. The summed E-state index contributed by atoms with van der Waals surface area (Å²) >= 11 is 6.47. The van der Waals surface area contributed by atoms with Gasteiger partial charge in [0.15, 0.2) is 4.67 Å². The molecular formula is C15H10Br2N2O2. The van der Waals surface area contributed by atoms with Crippen LogP contribution in [0, 0.1) is 18.3 Å². The summed E-state index contributed by atoms with van der Waals surface area (Å²) in [6.45, 7) is 1.93. The van der Waals surface area contributed by atoms with Crippen LogP contribution in [-0.4, -0.2) is 5.91 Å². The molecule has 0 atom stereocenters. The predicted octanol–water partition coefficient (Wildman–Crippen LogP) is 4.66. The van der Waals surface area contributed by atoms with Crippen LogP contribution in [0.2, 0.25) is 0 Å². The summed E-state index contributed by atoms with van der Waals surface area (Å²) in [5, 5.41) is 11.8. The molecule has 0 aliphatic rings. The molecule has 2 rings (SSSR count). The molecule has 0 saturated carbocycles. The molecule has 0 fully saturated rings. The third kappa shape index (κ3) is 4.06. The standard InChI is InChI=1S/C15H10Br2N2O2/c1-9-3-2-4-11(5-9)19-15(20)10(8-18)6-12-7-13(16)14(17)21-12/h2-7H,1H3,(H,19,20)/b10-6-. The van der Waals surface area contributed by atoms with E-state index in [4.69, 9.17) is 9.68 Å². The Morgan fingerprint density at radius 2 is 2.14 bits per heavy atom. The number of hydrogen-bond acceptors (Lipinski definition) is 3. The molecule has 2 aromatic rings. The third-order valence-corrected chi connectivity index (χ3v) is 4.30. The van der Waals surface area contributed by atoms with Crippen molar-refractivity contribution in [3.8, 4) is 6.07 Å². The minimum atomic E-state index is -0.480. The number of carbonyl (C=O) groups is 1. The molecule has 0 aliphatic carbocycles. The van der Waals surface area contributed by atoms with E-state index in [-0.39, 0.29) is 5.57 Å². The Bertz CT molecular complexity index is 738. The molecule has 0 aliphatic heterocycles. The monoisotopic (exact) mass is 408 g/mol. The minimum Gasteiger partial charge on any atom is -0.449 e. The maximum absolute atomic E-state index is 12.1. The van der Waals surface area contributed by atoms with Gasteiger partial charge in [-0.2, -0.15) is 5.26 Å². The van der Waals surface area contributed by atoms with Gasteiger partial charge in [0, 0.05) is 11.8 Å². The fourth-order valence-electron chi connectivity index (χ4n) is 1.65. The van der Waals surface area contributed by atoms with Gasteiger partial charge in [0.2, 0.25) is 0 Å². The van der Waals surface area contributed by atoms with Crippen LogP contribution in [0.25, 0.3) is 6.08 Å². The molecule has 6 heteroatoms. The number of rotatable bonds is 3. The summed E-state index contributed by atoms with van der Waals surface area (Å²) in [4.78, 5) is 12.1. The minimum absolute atomic E-state index is 0.0368. The zero-order valence-electron chi connectivity index (χ0n) is 11.0. The summed E-state index contributed by atoms with van der Waals surface area (Å²) in [5.74, 6) is -0.0727. The highest BCUT2D eigenvalue weighted by Gasteiger charge is 2.12. The molecule has 1 amide bonds. The fourth-order valence-corrected chi connectivity index (χ4v) is 2.25. The largest absolute Gasteiger partial charge is 0.449 e. The Balaban J connectivity index is 2.21. The van der Waals surface area contributed by atoms with E-state index >= 15 is 0 Å². The van der Waals surface area contributed by atoms with Crippen molar-refractivity contribution < 1.29 is 9.21 Å². The SMILES string of the molecule is Cc1cccc(NC(=O)/C(C#N)=C\c2cc(Br)c(Br)o2)c1. The van der Waals surface area contributed by atoms with Crippen LogP contribution in [-0.2, 0) is 4.79 Å². The van der Waals surface area contributed by atoms with Crippen molar-refractivity contribution in [2.45, 2.75) is 6.92 Å². The second-order valence-corrected chi connectivity index (χ2v) is 5.84. The number of anilines is 1. The Morgan fingerprint density at radius 3 is 2.71 bits per heavy atom. The second-order valence-electron chi connectivity index (χ2n) is 4.26. The molecule has 0 bridgehead atoms. The number of nitrogens with zero attached hydrogens (tertiary/aromatic N) is 1. The number of carbonyl (C=O) groups excluding carboxylic acids is 1. The van der Waals surface area contributed by atoms with E-state index in [1.165, 1.54) is 6.08 Å². The average Bonchev–Trinajstić information content (AvgIpc) is 2.74. The van der Waals surface area contributed by atoms with Gasteiger partial charge in [-0.1, -0.05) is 12.1 Å². The third-order valence-electron chi connectivity index (χ3n) is 2.59. The number of hydrogen-bond donors (Lipinski definition) is 1. The van der Waals surface area contributed by atoms with Gasteiger partial charge in [0.1, 0.15) is 17.4 Å². The molecule has 106 valence electrons. The lowest BCUT2D eigenvalue weighted by Gasteiger charge is -2.04. The van der Waals surface area contributed by atoms with Gasteiger partial charge in [-0.05, 0) is 62.5 Å². The topological polar surface area (TPSA) is 66.0 Å². The summed E-state index contributed by atoms with van der Waals surface area (Å²) in [6.07, 6.45) is 1.39. The molecule has 1 aromatic heterocycles. The summed E-state index contributed by atoms with van der Waals surface area (Å²) in [6, 6.07) is 10.9. The molecular weight excluding hydrogens is 400 g/mol. The number of nitrogens with one attached hydrogen (secondary N) is 1. The van der Waals surface area contributed by atoms with Crippen LogP contribution in [0.5, 0.6) is 0 Å². The van der Waals surface area contributed by atoms with Gasteiger partial charge in [-0.15, -0.1) is 0 Å². The van der Waals surface area contributed by atoms with Crippen molar-refractivity contribution in [3.05, 3.63) is 56.4 Å². The van der Waals surface area contributed by atoms with Crippen molar-refractivity contribution in [1.82, 2.24) is 0 Å². The average molecular weight is 410 g/mol. The van der Waals surface area contributed by atoms with E-state index in [0.717, 1.165) is 5.56 Å². The van der Waals surface area contributed by atoms with Crippen LogP contribution in [0.3, 0.4) is 0 Å². The van der Waals surface area contributed by atoms with Gasteiger partial charge in [0.05, 0.1) is 4.47 Å². The predicted molar refractivity (Wildman–Crippen MR) is 87.5 cm³/mol. The first-order chi connectivity index (χ1) is 9.99. The Kier molecular flexibility index (Phi) is 4.99. The first-order valence-electron chi connectivity index (χ1n) is 5.94. The molecule has 0 spiro atoms. The lowest BCUT2D eigenvalue weighted by Crippen LogP contribution is -2.13. The van der Waals surface area contributed by atoms with E-state index in [1.807, 2.05) is 31.2 Å². The molecule has 0 radical (unpaired) electrons. The van der Waals surface area contributed by atoms with Gasteiger partial charge >= 0.3 is 0 Å². The number of furan rings is 1. The fraction of sp³-hybridized carbons (Fsp3) is 0.0667. The van der Waals surface area contributed by atoms with E-state index in [0.29, 0.717) is 20.6 Å². The highest BCUT2D eigenvalue weighted by Crippen LogP contribution is 2.28. The number of benzene rings is 1. The highest BCUT2D eigenvalue weighted by atomic mass is 79.9. The molecule has 21 heavy (non-hydrogen) atoms. The zero-order chi connectivity index (χ0) is 15.4. The van der Waals surface area contributed by atoms with Crippen LogP contribution < -0.4 is 5.32 Å². The maximum Gasteiger partial charge on any atom is 0.266 e. The van der Waals surface area contributed by atoms with Crippen molar-refractivity contribution in [3.63, 3.8) is 0 Å². The molecule has 1 aromatic carbocycles. The van der Waals surface area contributed by atoms with E-state index < -0.39 is 5.91 Å². The summed E-state index contributed by atoms with van der Waals surface area (Å²) in [7, 11) is 0. The Labute approximate surface area is 138 Å². The first kappa shape index (κ1) is 15.5. The second kappa shape index (κ2) is 6.74. The van der Waals surface area contributed by atoms with Crippen molar-refractivity contribution in [2.75, 3.05) is 5.32 Å². The van der Waals surface area contributed by atoms with E-state index in [2.05, 4.69) is 37.2 Å². The smallest absolute Gasteiger partial charge is 0.266 e. The van der Waals surface area contributed by atoms with Gasteiger partial charge in [-0.25, -0.2) is 0 Å². The van der Waals surface area contributed by atoms with Gasteiger partial charge < -0.3 is 9.73 Å². The Morgan fingerprint density at radius 1 is 1.38 bits per heavy atom. The maximum atomic E-state index is 12.1. The quantitative estimate of drug-likeness (QED) is 0.592. The number of nitriles is 1. The number of halogens is 2. The van der Waals surface area contributed by atoms with Gasteiger partial charge in [-0.3, -0.25) is 4.79 Å². The lowest BCUT2D eigenvalue weighted by atomic mass is 10.2. The van der Waals surface area contributed by atoms with Crippen LogP contribution in [0.1, 0.15) is 11.3 Å². The van der Waals surface area contributed by atoms with Crippen LogP contribution in [0.15, 0.2) is 49.5 Å². The normalized spacial score (nSPS) is 11.0. The molecule has 1 N–H and O–H groups in total. The zero-order valence-corrected chi connectivity index (χ0v) is 14.2. The van der Waals surface area contributed by atoms with Crippen molar-refractivity contribution >= 4 is 49.5 Å². The van der Waals surface area contributed by atoms with Crippen molar-refractivity contribution in [1.29, 1.82) is 5.26 Å². The van der Waals surface area contributed by atoms with E-state index in [1.54, 1.807) is 12.1 Å². The van der Waals surface area contributed by atoms with Gasteiger partial charge in [0.25, 0.3) is 5.91 Å². The number of aryl methyl sites for hydroxylation is 1. The first-order valence-corrected chi connectivity index (χ1v) is 7.53. The molecule has 0 saturated heterocycles. The summed E-state index contributed by atoms with van der Waals surface area (Å²) in [5.41, 5.74) is 1.63.